The average molecular weight is 413 g/mol. The molecular weight excluding hydrogens is 388 g/mol. The third-order valence-corrected chi connectivity index (χ3v) is 6.60. The number of rotatable bonds is 7. The molecule has 0 bridgehead atoms. The van der Waals surface area contributed by atoms with Crippen molar-refractivity contribution < 1.29 is 13.2 Å². The predicted octanol–water partition coefficient (Wildman–Crippen LogP) is 2.25. The molecule has 3 heterocycles. The number of benzene rings is 1. The summed E-state index contributed by atoms with van der Waals surface area (Å²) in [5.41, 5.74) is 2.33. The van der Waals surface area contributed by atoms with Gasteiger partial charge in [0.15, 0.2) is 0 Å². The standard InChI is InChI=1S/C21H24N4O3S/c1-28-20-7-2-8-21(11-20)29(26,27)23-13-19-16-24-10-4-6-18(24)15-25(19)14-17-5-3-9-22-12-17/h2-12,19,23H,13-16H2,1H3. The molecule has 8 heteroatoms. The summed E-state index contributed by atoms with van der Waals surface area (Å²) in [6, 6.07) is 14.6. The number of nitrogens with one attached hydrogen (secondary N) is 1. The van der Waals surface area contributed by atoms with Crippen molar-refractivity contribution in [3.05, 3.63) is 78.4 Å². The Kier molecular flexibility index (Phi) is 5.66. The lowest BCUT2D eigenvalue weighted by Gasteiger charge is -2.37. The van der Waals surface area contributed by atoms with Crippen LogP contribution in [-0.4, -0.2) is 42.6 Å². The summed E-state index contributed by atoms with van der Waals surface area (Å²) < 4.78 is 35.7. The summed E-state index contributed by atoms with van der Waals surface area (Å²) in [5, 5.41) is 0. The molecule has 1 aliphatic heterocycles. The zero-order valence-electron chi connectivity index (χ0n) is 16.2. The van der Waals surface area contributed by atoms with E-state index in [4.69, 9.17) is 4.74 Å². The molecule has 0 amide bonds. The van der Waals surface area contributed by atoms with Crippen LogP contribution in [0.15, 0.2) is 72.0 Å². The second kappa shape index (κ2) is 8.36. The summed E-state index contributed by atoms with van der Waals surface area (Å²) in [4.78, 5) is 6.69. The van der Waals surface area contributed by atoms with Crippen molar-refractivity contribution in [1.82, 2.24) is 19.2 Å². The molecule has 0 radical (unpaired) electrons. The van der Waals surface area contributed by atoms with Gasteiger partial charge < -0.3 is 9.30 Å². The van der Waals surface area contributed by atoms with Gasteiger partial charge in [-0.15, -0.1) is 0 Å². The number of methoxy groups -OCH3 is 1. The van der Waals surface area contributed by atoms with E-state index in [-0.39, 0.29) is 10.9 Å². The zero-order chi connectivity index (χ0) is 20.3. The van der Waals surface area contributed by atoms with Gasteiger partial charge >= 0.3 is 0 Å². The maximum atomic E-state index is 12.8. The molecule has 1 aromatic carbocycles. The molecule has 0 aliphatic carbocycles. The Balaban J connectivity index is 1.51. The fourth-order valence-corrected chi connectivity index (χ4v) is 4.72. The minimum atomic E-state index is -3.63. The Morgan fingerprint density at radius 3 is 2.90 bits per heavy atom. The highest BCUT2D eigenvalue weighted by atomic mass is 32.2. The molecule has 0 saturated carbocycles. The van der Waals surface area contributed by atoms with Gasteiger partial charge in [0, 0.05) is 62.6 Å². The van der Waals surface area contributed by atoms with Crippen LogP contribution in [0.25, 0.3) is 0 Å². The van der Waals surface area contributed by atoms with Gasteiger partial charge in [-0.2, -0.15) is 0 Å². The van der Waals surface area contributed by atoms with Crippen LogP contribution in [0.4, 0.5) is 0 Å². The summed E-state index contributed by atoms with van der Waals surface area (Å²) in [6.07, 6.45) is 5.65. The lowest BCUT2D eigenvalue weighted by atomic mass is 10.1. The first-order valence-corrected chi connectivity index (χ1v) is 10.9. The summed E-state index contributed by atoms with van der Waals surface area (Å²) in [5.74, 6) is 0.515. The number of fused-ring (bicyclic) bond motifs is 1. The zero-order valence-corrected chi connectivity index (χ0v) is 17.0. The molecular formula is C21H24N4O3S. The Hall–Kier alpha value is -2.68. The predicted molar refractivity (Wildman–Crippen MR) is 110 cm³/mol. The normalized spacial score (nSPS) is 17.1. The molecule has 1 unspecified atom stereocenters. The lowest BCUT2D eigenvalue weighted by Crippen LogP contribution is -2.48. The molecule has 152 valence electrons. The Morgan fingerprint density at radius 2 is 2.10 bits per heavy atom. The van der Waals surface area contributed by atoms with Gasteiger partial charge in [0.2, 0.25) is 10.0 Å². The van der Waals surface area contributed by atoms with E-state index in [1.54, 1.807) is 24.4 Å². The fraction of sp³-hybridized carbons (Fsp3) is 0.286. The molecule has 29 heavy (non-hydrogen) atoms. The number of sulfonamides is 1. The molecule has 1 atom stereocenters. The highest BCUT2D eigenvalue weighted by Gasteiger charge is 2.27. The van der Waals surface area contributed by atoms with E-state index in [0.29, 0.717) is 18.8 Å². The minimum absolute atomic E-state index is 0.0236. The average Bonchev–Trinajstić information content (AvgIpc) is 3.20. The van der Waals surface area contributed by atoms with Gasteiger partial charge in [-0.3, -0.25) is 9.88 Å². The van der Waals surface area contributed by atoms with Gasteiger partial charge in [0.25, 0.3) is 0 Å². The van der Waals surface area contributed by atoms with E-state index in [9.17, 15) is 8.42 Å². The second-order valence-corrected chi connectivity index (χ2v) is 8.87. The molecule has 3 aromatic rings. The molecule has 7 nitrogen and oxygen atoms in total. The number of pyridine rings is 1. The van der Waals surface area contributed by atoms with Gasteiger partial charge in [-0.05, 0) is 35.9 Å². The van der Waals surface area contributed by atoms with Crippen LogP contribution < -0.4 is 9.46 Å². The first-order valence-electron chi connectivity index (χ1n) is 9.46. The molecule has 2 aromatic heterocycles. The summed E-state index contributed by atoms with van der Waals surface area (Å²) >= 11 is 0. The van der Waals surface area contributed by atoms with Crippen LogP contribution in [0.5, 0.6) is 5.75 Å². The van der Waals surface area contributed by atoms with Gasteiger partial charge in [0.1, 0.15) is 5.75 Å². The molecule has 0 fully saturated rings. The summed E-state index contributed by atoms with van der Waals surface area (Å²) in [7, 11) is -2.11. The van der Waals surface area contributed by atoms with Crippen LogP contribution in [0.2, 0.25) is 0 Å². The van der Waals surface area contributed by atoms with Crippen LogP contribution in [0.3, 0.4) is 0 Å². The van der Waals surface area contributed by atoms with E-state index in [0.717, 1.165) is 18.7 Å². The largest absolute Gasteiger partial charge is 0.497 e. The number of ether oxygens (including phenoxy) is 1. The minimum Gasteiger partial charge on any atom is -0.497 e. The molecule has 1 N–H and O–H groups in total. The monoisotopic (exact) mass is 412 g/mol. The first-order chi connectivity index (χ1) is 14.0. The van der Waals surface area contributed by atoms with E-state index in [2.05, 4.69) is 25.2 Å². The molecule has 4 rings (SSSR count). The Morgan fingerprint density at radius 1 is 1.21 bits per heavy atom. The third kappa shape index (κ3) is 4.50. The van der Waals surface area contributed by atoms with Crippen LogP contribution in [0.1, 0.15) is 11.3 Å². The first kappa shape index (κ1) is 19.6. The summed E-state index contributed by atoms with van der Waals surface area (Å²) in [6.45, 7) is 2.51. The van der Waals surface area contributed by atoms with E-state index in [1.807, 2.05) is 30.6 Å². The smallest absolute Gasteiger partial charge is 0.240 e. The third-order valence-electron chi connectivity index (χ3n) is 5.18. The Bertz CT molecular complexity index is 1070. The SMILES string of the molecule is COc1cccc(S(=O)(=O)NCC2Cn3cccc3CN2Cc2cccnc2)c1. The van der Waals surface area contributed by atoms with Crippen LogP contribution in [-0.2, 0) is 29.7 Å². The number of nitrogens with zero attached hydrogens (tertiary/aromatic N) is 3. The van der Waals surface area contributed by atoms with Crippen molar-refractivity contribution in [2.24, 2.45) is 0 Å². The van der Waals surface area contributed by atoms with Gasteiger partial charge in [-0.1, -0.05) is 12.1 Å². The molecule has 0 saturated heterocycles. The Labute approximate surface area is 171 Å². The topological polar surface area (TPSA) is 76.5 Å². The van der Waals surface area contributed by atoms with Crippen molar-refractivity contribution in [1.29, 1.82) is 0 Å². The second-order valence-electron chi connectivity index (χ2n) is 7.10. The van der Waals surface area contributed by atoms with E-state index < -0.39 is 10.0 Å². The van der Waals surface area contributed by atoms with Crippen LogP contribution >= 0.6 is 0 Å². The highest BCUT2D eigenvalue weighted by Crippen LogP contribution is 2.21. The van der Waals surface area contributed by atoms with Crippen molar-refractivity contribution in [2.75, 3.05) is 13.7 Å². The van der Waals surface area contributed by atoms with E-state index in [1.165, 1.54) is 18.9 Å². The maximum absolute atomic E-state index is 12.8. The fourth-order valence-electron chi connectivity index (χ4n) is 3.61. The van der Waals surface area contributed by atoms with Gasteiger partial charge in [0.05, 0.1) is 12.0 Å². The van der Waals surface area contributed by atoms with Crippen molar-refractivity contribution in [3.63, 3.8) is 0 Å². The quantitative estimate of drug-likeness (QED) is 0.644. The number of aromatic nitrogens is 2. The molecule has 0 spiro atoms. The van der Waals surface area contributed by atoms with Crippen molar-refractivity contribution >= 4 is 10.0 Å². The lowest BCUT2D eigenvalue weighted by molar-refractivity contribution is 0.133. The van der Waals surface area contributed by atoms with Crippen LogP contribution in [0, 0.1) is 0 Å². The highest BCUT2D eigenvalue weighted by molar-refractivity contribution is 7.89. The van der Waals surface area contributed by atoms with Crippen molar-refractivity contribution in [3.8, 4) is 5.75 Å². The van der Waals surface area contributed by atoms with E-state index >= 15 is 0 Å². The van der Waals surface area contributed by atoms with Gasteiger partial charge in [-0.25, -0.2) is 13.1 Å². The molecule has 1 aliphatic rings. The maximum Gasteiger partial charge on any atom is 0.240 e. The van der Waals surface area contributed by atoms with Crippen molar-refractivity contribution in [2.45, 2.75) is 30.6 Å². The number of hydrogen-bond acceptors (Lipinski definition) is 5. The number of hydrogen-bond donors (Lipinski definition) is 1.